The van der Waals surface area contributed by atoms with Crippen LogP contribution in [0.2, 0.25) is 0 Å². The van der Waals surface area contributed by atoms with Crippen LogP contribution >= 0.6 is 24.0 Å². The number of hydrogen-bond donors (Lipinski definition) is 2. The average molecular weight is 402 g/mol. The van der Waals surface area contributed by atoms with Crippen LogP contribution in [0.15, 0.2) is 23.2 Å². The number of nitrogens with two attached hydrogens (primary N) is 1. The molecule has 1 heterocycles. The van der Waals surface area contributed by atoms with E-state index in [2.05, 4.69) is 54.3 Å². The lowest BCUT2D eigenvalue weighted by molar-refractivity contribution is 0.224. The first-order valence-corrected chi connectivity index (χ1v) is 7.36. The van der Waals surface area contributed by atoms with Gasteiger partial charge >= 0.3 is 0 Å². The van der Waals surface area contributed by atoms with Crippen LogP contribution in [0.3, 0.4) is 0 Å². The third-order valence-corrected chi connectivity index (χ3v) is 3.85. The van der Waals surface area contributed by atoms with Crippen molar-refractivity contribution in [1.29, 1.82) is 0 Å². The van der Waals surface area contributed by atoms with Crippen LogP contribution in [0.5, 0.6) is 0 Å². The fourth-order valence-corrected chi connectivity index (χ4v) is 2.71. The fourth-order valence-electron chi connectivity index (χ4n) is 2.71. The van der Waals surface area contributed by atoms with Crippen molar-refractivity contribution < 1.29 is 0 Å². The second-order valence-electron chi connectivity index (χ2n) is 5.97. The molecule has 4 nitrogen and oxygen atoms in total. The highest BCUT2D eigenvalue weighted by Crippen LogP contribution is 2.16. The van der Waals surface area contributed by atoms with Gasteiger partial charge in [-0.05, 0) is 76.0 Å². The van der Waals surface area contributed by atoms with Crippen LogP contribution in [0, 0.1) is 19.8 Å². The third kappa shape index (κ3) is 6.22. The van der Waals surface area contributed by atoms with Crippen LogP contribution in [0.25, 0.3) is 0 Å². The first-order chi connectivity index (χ1) is 9.52. The summed E-state index contributed by atoms with van der Waals surface area (Å²) in [6.07, 6.45) is 2.44. The van der Waals surface area contributed by atoms with Crippen molar-refractivity contribution in [2.75, 3.05) is 32.0 Å². The molecule has 5 heteroatoms. The van der Waals surface area contributed by atoms with E-state index in [4.69, 9.17) is 5.73 Å². The molecule has 0 saturated carbocycles. The maximum atomic E-state index is 5.98. The summed E-state index contributed by atoms with van der Waals surface area (Å²) in [6.45, 7) is 7.35. The van der Waals surface area contributed by atoms with E-state index in [0.29, 0.717) is 11.9 Å². The normalized spacial score (nSPS) is 17.4. The maximum Gasteiger partial charge on any atom is 0.193 e. The number of hydrogen-bond acceptors (Lipinski definition) is 2. The quantitative estimate of drug-likeness (QED) is 0.464. The van der Waals surface area contributed by atoms with E-state index in [1.165, 1.54) is 37.1 Å². The highest BCUT2D eigenvalue weighted by molar-refractivity contribution is 14.0. The minimum absolute atomic E-state index is 0. The van der Waals surface area contributed by atoms with E-state index in [1.807, 2.05) is 0 Å². The molecule has 118 valence electrons. The van der Waals surface area contributed by atoms with Crippen molar-refractivity contribution >= 4 is 35.6 Å². The number of nitrogens with zero attached hydrogens (tertiary/aromatic N) is 2. The lowest BCUT2D eigenvalue weighted by Gasteiger charge is -2.27. The van der Waals surface area contributed by atoms with Crippen LogP contribution in [-0.4, -0.2) is 37.5 Å². The molecule has 0 amide bonds. The summed E-state index contributed by atoms with van der Waals surface area (Å²) in [7, 11) is 2.18. The summed E-state index contributed by atoms with van der Waals surface area (Å²) in [6, 6.07) is 6.33. The molecule has 0 unspecified atom stereocenters. The van der Waals surface area contributed by atoms with E-state index in [1.54, 1.807) is 0 Å². The number of nitrogens with one attached hydrogen (secondary N) is 1. The Morgan fingerprint density at radius 1 is 1.24 bits per heavy atom. The van der Waals surface area contributed by atoms with E-state index in [-0.39, 0.29) is 24.0 Å². The van der Waals surface area contributed by atoms with Gasteiger partial charge in [0.1, 0.15) is 0 Å². The van der Waals surface area contributed by atoms with E-state index in [9.17, 15) is 0 Å². The topological polar surface area (TPSA) is 53.6 Å². The Hall–Kier alpha value is -0.820. The summed E-state index contributed by atoms with van der Waals surface area (Å²) < 4.78 is 0. The Morgan fingerprint density at radius 2 is 1.81 bits per heavy atom. The second-order valence-corrected chi connectivity index (χ2v) is 5.97. The SMILES string of the molecule is Cc1cc(C)cc(NC(N)=NCC2CCN(C)CC2)c1.I. The molecule has 21 heavy (non-hydrogen) atoms. The van der Waals surface area contributed by atoms with Crippen molar-refractivity contribution in [2.24, 2.45) is 16.6 Å². The number of piperidine rings is 1. The zero-order chi connectivity index (χ0) is 14.5. The predicted molar refractivity (Wildman–Crippen MR) is 102 cm³/mol. The summed E-state index contributed by atoms with van der Waals surface area (Å²) in [5.41, 5.74) is 9.46. The Balaban J connectivity index is 0.00000220. The number of halogens is 1. The van der Waals surface area contributed by atoms with Gasteiger partial charge < -0.3 is 16.0 Å². The summed E-state index contributed by atoms with van der Waals surface area (Å²) >= 11 is 0. The average Bonchev–Trinajstić information content (AvgIpc) is 2.37. The first-order valence-electron chi connectivity index (χ1n) is 7.36. The molecule has 3 N–H and O–H groups in total. The van der Waals surface area contributed by atoms with Crippen LogP contribution in [0.1, 0.15) is 24.0 Å². The molecule has 1 fully saturated rings. The lowest BCUT2D eigenvalue weighted by atomic mass is 9.97. The van der Waals surface area contributed by atoms with Crippen molar-refractivity contribution in [3.8, 4) is 0 Å². The molecule has 1 saturated heterocycles. The monoisotopic (exact) mass is 402 g/mol. The van der Waals surface area contributed by atoms with Crippen LogP contribution in [0.4, 0.5) is 5.69 Å². The van der Waals surface area contributed by atoms with Gasteiger partial charge in [-0.25, -0.2) is 0 Å². The minimum Gasteiger partial charge on any atom is -0.370 e. The number of aliphatic imine (C=N–C) groups is 1. The molecule has 0 atom stereocenters. The van der Waals surface area contributed by atoms with Crippen LogP contribution in [-0.2, 0) is 0 Å². The van der Waals surface area contributed by atoms with Crippen molar-refractivity contribution in [3.63, 3.8) is 0 Å². The molecule has 1 aromatic carbocycles. The highest BCUT2D eigenvalue weighted by Gasteiger charge is 2.15. The number of rotatable bonds is 3. The van der Waals surface area contributed by atoms with Crippen molar-refractivity contribution in [3.05, 3.63) is 29.3 Å². The van der Waals surface area contributed by atoms with Gasteiger partial charge in [0.25, 0.3) is 0 Å². The molecule has 0 radical (unpaired) electrons. The molecular formula is C16H27IN4. The van der Waals surface area contributed by atoms with Crippen molar-refractivity contribution in [1.82, 2.24) is 4.90 Å². The van der Waals surface area contributed by atoms with E-state index >= 15 is 0 Å². The van der Waals surface area contributed by atoms with E-state index in [0.717, 1.165) is 12.2 Å². The standard InChI is InChI=1S/C16H26N4.HI/c1-12-8-13(2)10-15(9-12)19-16(17)18-11-14-4-6-20(3)7-5-14;/h8-10,14H,4-7,11H2,1-3H3,(H3,17,18,19);1H. The first kappa shape index (κ1) is 18.2. The van der Waals surface area contributed by atoms with Crippen LogP contribution < -0.4 is 11.1 Å². The third-order valence-electron chi connectivity index (χ3n) is 3.85. The predicted octanol–water partition coefficient (Wildman–Crippen LogP) is 2.99. The number of guanidine groups is 1. The van der Waals surface area contributed by atoms with Gasteiger partial charge in [0.05, 0.1) is 0 Å². The molecule has 0 spiro atoms. The number of likely N-dealkylation sites (tertiary alicyclic amines) is 1. The Kier molecular flexibility index (Phi) is 7.45. The van der Waals surface area contributed by atoms with Gasteiger partial charge in [-0.15, -0.1) is 24.0 Å². The summed E-state index contributed by atoms with van der Waals surface area (Å²) in [4.78, 5) is 6.86. The van der Waals surface area contributed by atoms with Gasteiger partial charge in [-0.3, -0.25) is 4.99 Å². The second kappa shape index (κ2) is 8.58. The molecule has 0 aliphatic carbocycles. The van der Waals surface area contributed by atoms with Crippen molar-refractivity contribution in [2.45, 2.75) is 26.7 Å². The van der Waals surface area contributed by atoms with Gasteiger partial charge in [-0.1, -0.05) is 6.07 Å². The molecule has 2 rings (SSSR count). The minimum atomic E-state index is 0. The maximum absolute atomic E-state index is 5.98. The van der Waals surface area contributed by atoms with Gasteiger partial charge in [0.2, 0.25) is 0 Å². The molecule has 0 bridgehead atoms. The molecular weight excluding hydrogens is 375 g/mol. The molecule has 1 aromatic rings. The smallest absolute Gasteiger partial charge is 0.193 e. The Bertz CT molecular complexity index is 459. The fraction of sp³-hybridized carbons (Fsp3) is 0.562. The van der Waals surface area contributed by atoms with Gasteiger partial charge in [0.15, 0.2) is 5.96 Å². The summed E-state index contributed by atoms with van der Waals surface area (Å²) in [5, 5.41) is 3.19. The Labute approximate surface area is 145 Å². The van der Waals surface area contributed by atoms with Gasteiger partial charge in [-0.2, -0.15) is 0 Å². The Morgan fingerprint density at radius 3 is 2.38 bits per heavy atom. The largest absolute Gasteiger partial charge is 0.370 e. The number of benzene rings is 1. The lowest BCUT2D eigenvalue weighted by Crippen LogP contribution is -2.32. The molecule has 1 aliphatic rings. The number of anilines is 1. The highest BCUT2D eigenvalue weighted by atomic mass is 127. The zero-order valence-corrected chi connectivity index (χ0v) is 15.6. The van der Waals surface area contributed by atoms with E-state index < -0.39 is 0 Å². The molecule has 0 aromatic heterocycles. The molecule has 1 aliphatic heterocycles. The number of aryl methyl sites for hydroxylation is 2. The summed E-state index contributed by atoms with van der Waals surface area (Å²) in [5.74, 6) is 1.19. The zero-order valence-electron chi connectivity index (χ0n) is 13.2. The van der Waals surface area contributed by atoms with Gasteiger partial charge in [0, 0.05) is 12.2 Å².